The fourth-order valence-corrected chi connectivity index (χ4v) is 2.47. The number of rotatable bonds is 8. The number of amides is 1. The first-order valence-corrected chi connectivity index (χ1v) is 8.31. The Labute approximate surface area is 149 Å². The number of nitrogens with one attached hydrogen (secondary N) is 1. The zero-order valence-electron chi connectivity index (χ0n) is 15.1. The summed E-state index contributed by atoms with van der Waals surface area (Å²) in [4.78, 5) is 12.3. The molecule has 0 aromatic heterocycles. The van der Waals surface area contributed by atoms with Gasteiger partial charge >= 0.3 is 0 Å². The number of carbonyl (C=O) groups is 1. The van der Waals surface area contributed by atoms with Crippen LogP contribution in [0.15, 0.2) is 49.1 Å². The lowest BCUT2D eigenvalue weighted by atomic mass is 10.1. The summed E-state index contributed by atoms with van der Waals surface area (Å²) in [7, 11) is 1.62. The van der Waals surface area contributed by atoms with Crippen LogP contribution in [0.5, 0.6) is 11.5 Å². The normalized spacial score (nSPS) is 10.2. The van der Waals surface area contributed by atoms with Gasteiger partial charge in [-0.2, -0.15) is 0 Å². The van der Waals surface area contributed by atoms with Crippen molar-refractivity contribution in [2.24, 2.45) is 0 Å². The van der Waals surface area contributed by atoms with E-state index in [1.807, 2.05) is 24.3 Å². The third-order valence-corrected chi connectivity index (χ3v) is 4.04. The maximum atomic E-state index is 12.3. The van der Waals surface area contributed by atoms with Crippen LogP contribution in [0.4, 0.5) is 0 Å². The highest BCUT2D eigenvalue weighted by Crippen LogP contribution is 2.21. The second kappa shape index (κ2) is 8.92. The highest BCUT2D eigenvalue weighted by Gasteiger charge is 2.09. The van der Waals surface area contributed by atoms with Gasteiger partial charge in [0.05, 0.1) is 13.7 Å². The van der Waals surface area contributed by atoms with Crippen molar-refractivity contribution in [3.63, 3.8) is 0 Å². The van der Waals surface area contributed by atoms with E-state index in [2.05, 4.69) is 25.7 Å². The van der Waals surface area contributed by atoms with Crippen molar-refractivity contribution in [3.8, 4) is 11.5 Å². The quantitative estimate of drug-likeness (QED) is 0.587. The molecule has 132 valence electrons. The number of hydrogen-bond donors (Lipinski definition) is 1. The van der Waals surface area contributed by atoms with Crippen molar-refractivity contribution in [3.05, 3.63) is 71.3 Å². The van der Waals surface area contributed by atoms with Crippen molar-refractivity contribution in [1.82, 2.24) is 5.32 Å². The summed E-state index contributed by atoms with van der Waals surface area (Å²) in [5, 5.41) is 2.87. The molecule has 1 N–H and O–H groups in total. The molecule has 2 aromatic rings. The fraction of sp³-hybridized carbons (Fsp3) is 0.286. The van der Waals surface area contributed by atoms with Gasteiger partial charge in [0.2, 0.25) is 0 Å². The van der Waals surface area contributed by atoms with Crippen molar-refractivity contribution < 1.29 is 14.3 Å². The van der Waals surface area contributed by atoms with Gasteiger partial charge in [0.25, 0.3) is 5.91 Å². The molecule has 0 spiro atoms. The molecule has 4 nitrogen and oxygen atoms in total. The van der Waals surface area contributed by atoms with Gasteiger partial charge in [-0.3, -0.25) is 4.79 Å². The number of hydrogen-bond acceptors (Lipinski definition) is 3. The summed E-state index contributed by atoms with van der Waals surface area (Å²) >= 11 is 0. The average molecular weight is 339 g/mol. The molecular weight excluding hydrogens is 314 g/mol. The minimum Gasteiger partial charge on any atom is -0.496 e. The second-order valence-corrected chi connectivity index (χ2v) is 5.87. The molecule has 0 atom stereocenters. The van der Waals surface area contributed by atoms with Gasteiger partial charge in [-0.1, -0.05) is 12.1 Å². The van der Waals surface area contributed by atoms with Crippen LogP contribution in [0.2, 0.25) is 0 Å². The second-order valence-electron chi connectivity index (χ2n) is 5.87. The van der Waals surface area contributed by atoms with E-state index in [0.29, 0.717) is 25.1 Å². The number of benzene rings is 2. The van der Waals surface area contributed by atoms with Gasteiger partial charge in [0, 0.05) is 5.56 Å². The summed E-state index contributed by atoms with van der Waals surface area (Å²) < 4.78 is 11.0. The molecule has 0 aliphatic carbocycles. The third kappa shape index (κ3) is 5.11. The Morgan fingerprint density at radius 3 is 2.64 bits per heavy atom. The summed E-state index contributed by atoms with van der Waals surface area (Å²) in [6, 6.07) is 11.4. The van der Waals surface area contributed by atoms with E-state index in [0.717, 1.165) is 17.1 Å². The van der Waals surface area contributed by atoms with E-state index in [1.54, 1.807) is 25.3 Å². The van der Waals surface area contributed by atoms with Gasteiger partial charge < -0.3 is 14.8 Å². The van der Waals surface area contributed by atoms with Crippen molar-refractivity contribution in [2.75, 3.05) is 20.3 Å². The smallest absolute Gasteiger partial charge is 0.251 e. The van der Waals surface area contributed by atoms with E-state index in [-0.39, 0.29) is 5.91 Å². The molecule has 0 fully saturated rings. The SMILES string of the molecule is C=CCc1cc(C(=O)NCCOc2ccc(C)c(C)c2)ccc1OC. The van der Waals surface area contributed by atoms with E-state index >= 15 is 0 Å². The zero-order valence-corrected chi connectivity index (χ0v) is 15.1. The Balaban J connectivity index is 1.88. The summed E-state index contributed by atoms with van der Waals surface area (Å²) in [5.41, 5.74) is 3.96. The van der Waals surface area contributed by atoms with Gasteiger partial charge in [0.1, 0.15) is 18.1 Å². The van der Waals surface area contributed by atoms with E-state index < -0.39 is 0 Å². The molecule has 0 aliphatic rings. The van der Waals surface area contributed by atoms with Crippen LogP contribution in [0, 0.1) is 13.8 Å². The molecule has 2 rings (SSSR count). The van der Waals surface area contributed by atoms with Gasteiger partial charge in [-0.05, 0) is 67.3 Å². The van der Waals surface area contributed by atoms with E-state index in [1.165, 1.54) is 11.1 Å². The van der Waals surface area contributed by atoms with Crippen LogP contribution in [-0.2, 0) is 6.42 Å². The van der Waals surface area contributed by atoms with Crippen LogP contribution >= 0.6 is 0 Å². The Kier molecular flexibility index (Phi) is 6.63. The molecule has 0 radical (unpaired) electrons. The first-order chi connectivity index (χ1) is 12.0. The predicted octanol–water partition coefficient (Wildman–Crippen LogP) is 3.85. The number of carbonyl (C=O) groups excluding carboxylic acids is 1. The lowest BCUT2D eigenvalue weighted by Gasteiger charge is -2.11. The van der Waals surface area contributed by atoms with E-state index in [9.17, 15) is 4.79 Å². The standard InChI is InChI=1S/C21H25NO3/c1-5-6-17-14-18(8-10-20(17)24-4)21(23)22-11-12-25-19-9-7-15(2)16(3)13-19/h5,7-10,13-14H,1,6,11-12H2,2-4H3,(H,22,23). The van der Waals surface area contributed by atoms with Crippen LogP contribution in [0.3, 0.4) is 0 Å². The van der Waals surface area contributed by atoms with Crippen LogP contribution in [0.25, 0.3) is 0 Å². The third-order valence-electron chi connectivity index (χ3n) is 4.04. The van der Waals surface area contributed by atoms with Crippen molar-refractivity contribution in [1.29, 1.82) is 0 Å². The molecular formula is C21H25NO3. The zero-order chi connectivity index (χ0) is 18.2. The Morgan fingerprint density at radius 2 is 1.96 bits per heavy atom. The molecule has 2 aromatic carbocycles. The number of ether oxygens (including phenoxy) is 2. The van der Waals surface area contributed by atoms with Crippen molar-refractivity contribution in [2.45, 2.75) is 20.3 Å². The first-order valence-electron chi connectivity index (χ1n) is 8.31. The minimum absolute atomic E-state index is 0.128. The number of aryl methyl sites for hydroxylation is 2. The monoisotopic (exact) mass is 339 g/mol. The molecule has 0 unspecified atom stereocenters. The molecule has 0 bridgehead atoms. The lowest BCUT2D eigenvalue weighted by molar-refractivity contribution is 0.0947. The van der Waals surface area contributed by atoms with Crippen LogP contribution < -0.4 is 14.8 Å². The number of allylic oxidation sites excluding steroid dienone is 1. The number of methoxy groups -OCH3 is 1. The molecule has 0 aliphatic heterocycles. The molecule has 0 saturated carbocycles. The maximum absolute atomic E-state index is 12.3. The first kappa shape index (κ1) is 18.6. The molecule has 1 amide bonds. The predicted molar refractivity (Wildman–Crippen MR) is 101 cm³/mol. The Bertz CT molecular complexity index is 753. The fourth-order valence-electron chi connectivity index (χ4n) is 2.47. The Hall–Kier alpha value is -2.75. The van der Waals surface area contributed by atoms with Gasteiger partial charge in [-0.25, -0.2) is 0 Å². The van der Waals surface area contributed by atoms with E-state index in [4.69, 9.17) is 9.47 Å². The molecule has 4 heteroatoms. The lowest BCUT2D eigenvalue weighted by Crippen LogP contribution is -2.28. The highest BCUT2D eigenvalue weighted by molar-refractivity contribution is 5.94. The van der Waals surface area contributed by atoms with Crippen LogP contribution in [-0.4, -0.2) is 26.2 Å². The molecule has 0 heterocycles. The highest BCUT2D eigenvalue weighted by atomic mass is 16.5. The minimum atomic E-state index is -0.128. The summed E-state index contributed by atoms with van der Waals surface area (Å²) in [6.07, 6.45) is 2.44. The largest absolute Gasteiger partial charge is 0.496 e. The van der Waals surface area contributed by atoms with Gasteiger partial charge in [-0.15, -0.1) is 6.58 Å². The summed E-state index contributed by atoms with van der Waals surface area (Å²) in [6.45, 7) is 8.71. The summed E-state index contributed by atoms with van der Waals surface area (Å²) in [5.74, 6) is 1.45. The average Bonchev–Trinajstić information content (AvgIpc) is 2.61. The topological polar surface area (TPSA) is 47.6 Å². The molecule has 25 heavy (non-hydrogen) atoms. The van der Waals surface area contributed by atoms with Crippen LogP contribution in [0.1, 0.15) is 27.0 Å². The van der Waals surface area contributed by atoms with Gasteiger partial charge in [0.15, 0.2) is 0 Å². The van der Waals surface area contributed by atoms with Crippen molar-refractivity contribution >= 4 is 5.91 Å². The Morgan fingerprint density at radius 1 is 1.16 bits per heavy atom. The molecule has 0 saturated heterocycles. The maximum Gasteiger partial charge on any atom is 0.251 e.